The first-order chi connectivity index (χ1) is 12.2. The van der Waals surface area contributed by atoms with Crippen molar-refractivity contribution in [1.29, 1.82) is 0 Å². The van der Waals surface area contributed by atoms with Crippen molar-refractivity contribution in [3.8, 4) is 11.3 Å². The van der Waals surface area contributed by atoms with Gasteiger partial charge in [-0.2, -0.15) is 0 Å². The third kappa shape index (κ3) is 3.08. The molecule has 0 aliphatic carbocycles. The fourth-order valence-electron chi connectivity index (χ4n) is 3.01. The van der Waals surface area contributed by atoms with Gasteiger partial charge in [-0.1, -0.05) is 41.6 Å². The van der Waals surface area contributed by atoms with Gasteiger partial charge >= 0.3 is 0 Å². The second kappa shape index (κ2) is 6.78. The van der Waals surface area contributed by atoms with Gasteiger partial charge in [-0.15, -0.1) is 0 Å². The first kappa shape index (κ1) is 16.0. The van der Waals surface area contributed by atoms with Crippen LogP contribution in [0.5, 0.6) is 0 Å². The van der Waals surface area contributed by atoms with Crippen LogP contribution in [0.1, 0.15) is 17.3 Å². The Morgan fingerprint density at radius 1 is 1.00 bits per heavy atom. The van der Waals surface area contributed by atoms with Crippen molar-refractivity contribution in [2.24, 2.45) is 5.73 Å². The Kier molecular flexibility index (Phi) is 4.34. The third-order valence-corrected chi connectivity index (χ3v) is 4.85. The van der Waals surface area contributed by atoms with Crippen molar-refractivity contribution in [3.05, 3.63) is 82.6 Å². The molecule has 0 aliphatic rings. The quantitative estimate of drug-likeness (QED) is 0.535. The second-order valence-corrected chi connectivity index (χ2v) is 6.72. The van der Waals surface area contributed by atoms with Crippen molar-refractivity contribution in [3.63, 3.8) is 0 Å². The monoisotopic (exact) mass is 393 g/mol. The number of aromatic nitrogens is 2. The molecule has 0 fully saturated rings. The second-order valence-electron chi connectivity index (χ2n) is 5.87. The minimum atomic E-state index is -0.176. The first-order valence-corrected chi connectivity index (χ1v) is 8.82. The number of nitrogens with zero attached hydrogens (tertiary/aromatic N) is 2. The van der Waals surface area contributed by atoms with E-state index in [9.17, 15) is 0 Å². The highest BCUT2D eigenvalue weighted by molar-refractivity contribution is 9.10. The Morgan fingerprint density at radius 3 is 2.68 bits per heavy atom. The fourth-order valence-corrected chi connectivity index (χ4v) is 3.45. The number of benzene rings is 2. The van der Waals surface area contributed by atoms with E-state index in [2.05, 4.69) is 26.1 Å². The molecule has 4 rings (SSSR count). The van der Waals surface area contributed by atoms with Crippen molar-refractivity contribution in [2.45, 2.75) is 12.5 Å². The minimum absolute atomic E-state index is 0.176. The standard InChI is InChI=1S/C20H16BrN3O/c21-17-10-5-9-16-19(24-25-20(16)17)15-8-2-1-7-14(15)18(22)12-13-6-3-4-11-23-13/h1-11,18H,12,22H2/t18-/m0/s1. The molecule has 25 heavy (non-hydrogen) atoms. The maximum atomic E-state index is 6.50. The van der Waals surface area contributed by atoms with E-state index < -0.39 is 0 Å². The number of halogens is 1. The van der Waals surface area contributed by atoms with Crippen LogP contribution < -0.4 is 5.73 Å². The molecule has 0 aliphatic heterocycles. The summed E-state index contributed by atoms with van der Waals surface area (Å²) in [7, 11) is 0. The number of rotatable bonds is 4. The van der Waals surface area contributed by atoms with Gasteiger partial charge in [-0.3, -0.25) is 4.98 Å². The lowest BCUT2D eigenvalue weighted by molar-refractivity contribution is 0.458. The van der Waals surface area contributed by atoms with Crippen molar-refractivity contribution in [1.82, 2.24) is 10.1 Å². The van der Waals surface area contributed by atoms with Crippen LogP contribution in [0, 0.1) is 0 Å². The summed E-state index contributed by atoms with van der Waals surface area (Å²) in [5.74, 6) is 0. The number of para-hydroxylation sites is 1. The molecule has 0 bridgehead atoms. The molecule has 124 valence electrons. The molecule has 2 heterocycles. The van der Waals surface area contributed by atoms with E-state index in [1.807, 2.05) is 60.7 Å². The zero-order valence-electron chi connectivity index (χ0n) is 13.4. The molecule has 0 unspecified atom stereocenters. The number of hydrogen-bond donors (Lipinski definition) is 1. The van der Waals surface area contributed by atoms with Gasteiger partial charge in [-0.25, -0.2) is 0 Å². The van der Waals surface area contributed by atoms with E-state index in [0.29, 0.717) is 6.42 Å². The van der Waals surface area contributed by atoms with Gasteiger partial charge in [0.05, 0.1) is 9.86 Å². The summed E-state index contributed by atoms with van der Waals surface area (Å²) in [4.78, 5) is 4.38. The van der Waals surface area contributed by atoms with E-state index in [0.717, 1.165) is 38.0 Å². The average molecular weight is 394 g/mol. The van der Waals surface area contributed by atoms with E-state index in [1.54, 1.807) is 6.20 Å². The predicted molar refractivity (Wildman–Crippen MR) is 102 cm³/mol. The lowest BCUT2D eigenvalue weighted by Crippen LogP contribution is -2.15. The summed E-state index contributed by atoms with van der Waals surface area (Å²) in [6.07, 6.45) is 2.45. The SMILES string of the molecule is N[C@@H](Cc1ccccn1)c1ccccc1-c1noc2c(Br)cccc12. The summed E-state index contributed by atoms with van der Waals surface area (Å²) >= 11 is 3.51. The molecular weight excluding hydrogens is 378 g/mol. The summed E-state index contributed by atoms with van der Waals surface area (Å²) in [5.41, 5.74) is 11.0. The Balaban J connectivity index is 1.77. The molecule has 0 amide bonds. The summed E-state index contributed by atoms with van der Waals surface area (Å²) in [6, 6.07) is 19.7. The van der Waals surface area contributed by atoms with Crippen LogP contribution in [0.3, 0.4) is 0 Å². The number of pyridine rings is 1. The van der Waals surface area contributed by atoms with Gasteiger partial charge in [0.15, 0.2) is 5.58 Å². The molecule has 4 nitrogen and oxygen atoms in total. The average Bonchev–Trinajstić information content (AvgIpc) is 3.08. The summed E-state index contributed by atoms with van der Waals surface area (Å²) in [6.45, 7) is 0. The summed E-state index contributed by atoms with van der Waals surface area (Å²) < 4.78 is 6.43. The molecule has 4 aromatic rings. The lowest BCUT2D eigenvalue weighted by Gasteiger charge is -2.15. The molecule has 2 aromatic heterocycles. The highest BCUT2D eigenvalue weighted by Crippen LogP contribution is 2.35. The van der Waals surface area contributed by atoms with Crippen LogP contribution in [-0.2, 0) is 6.42 Å². The zero-order valence-corrected chi connectivity index (χ0v) is 15.0. The van der Waals surface area contributed by atoms with Crippen molar-refractivity contribution in [2.75, 3.05) is 0 Å². The number of fused-ring (bicyclic) bond motifs is 1. The fraction of sp³-hybridized carbons (Fsp3) is 0.100. The third-order valence-electron chi connectivity index (χ3n) is 4.22. The highest BCUT2D eigenvalue weighted by atomic mass is 79.9. The van der Waals surface area contributed by atoms with E-state index in [1.165, 1.54) is 0 Å². The topological polar surface area (TPSA) is 64.9 Å². The van der Waals surface area contributed by atoms with E-state index >= 15 is 0 Å². The minimum Gasteiger partial charge on any atom is -0.354 e. The molecule has 2 N–H and O–H groups in total. The Labute approximate surface area is 153 Å². The van der Waals surface area contributed by atoms with Crippen molar-refractivity contribution >= 4 is 26.9 Å². The van der Waals surface area contributed by atoms with Gasteiger partial charge in [0.2, 0.25) is 0 Å². The maximum Gasteiger partial charge on any atom is 0.181 e. The molecule has 0 saturated carbocycles. The maximum absolute atomic E-state index is 6.50. The molecule has 2 aromatic carbocycles. The van der Waals surface area contributed by atoms with Gasteiger partial charge in [0.25, 0.3) is 0 Å². The van der Waals surface area contributed by atoms with Gasteiger partial charge in [0, 0.05) is 29.9 Å². The largest absolute Gasteiger partial charge is 0.354 e. The van der Waals surface area contributed by atoms with Gasteiger partial charge < -0.3 is 10.3 Å². The van der Waals surface area contributed by atoms with E-state index in [-0.39, 0.29) is 6.04 Å². The summed E-state index contributed by atoms with van der Waals surface area (Å²) in [5, 5.41) is 5.26. The van der Waals surface area contributed by atoms with Crippen LogP contribution in [0.2, 0.25) is 0 Å². The molecule has 0 spiro atoms. The van der Waals surface area contributed by atoms with Crippen LogP contribution >= 0.6 is 15.9 Å². The number of hydrogen-bond acceptors (Lipinski definition) is 4. The highest BCUT2D eigenvalue weighted by Gasteiger charge is 2.18. The van der Waals surface area contributed by atoms with Crippen LogP contribution in [-0.4, -0.2) is 10.1 Å². The lowest BCUT2D eigenvalue weighted by atomic mass is 9.94. The van der Waals surface area contributed by atoms with Crippen LogP contribution in [0.25, 0.3) is 22.2 Å². The Hall–Kier alpha value is -2.50. The van der Waals surface area contributed by atoms with Crippen molar-refractivity contribution < 1.29 is 4.52 Å². The van der Waals surface area contributed by atoms with Crippen LogP contribution in [0.4, 0.5) is 0 Å². The molecular formula is C20H16BrN3O. The smallest absolute Gasteiger partial charge is 0.181 e. The molecule has 5 heteroatoms. The molecule has 0 saturated heterocycles. The Morgan fingerprint density at radius 2 is 1.84 bits per heavy atom. The predicted octanol–water partition coefficient (Wildman–Crippen LogP) is 4.89. The van der Waals surface area contributed by atoms with Gasteiger partial charge in [-0.05, 0) is 45.8 Å². The first-order valence-electron chi connectivity index (χ1n) is 8.02. The number of nitrogens with two attached hydrogens (primary N) is 1. The molecule has 0 radical (unpaired) electrons. The van der Waals surface area contributed by atoms with Crippen LogP contribution in [0.15, 0.2) is 75.9 Å². The normalized spacial score (nSPS) is 12.4. The molecule has 1 atom stereocenters. The Bertz CT molecular complexity index is 1010. The van der Waals surface area contributed by atoms with Gasteiger partial charge in [0.1, 0.15) is 5.69 Å². The van der Waals surface area contributed by atoms with E-state index in [4.69, 9.17) is 10.3 Å². The zero-order chi connectivity index (χ0) is 17.2.